The van der Waals surface area contributed by atoms with Crippen LogP contribution >= 0.6 is 11.3 Å². The highest BCUT2D eigenvalue weighted by molar-refractivity contribution is 7.14. The molecule has 0 radical (unpaired) electrons. The highest BCUT2D eigenvalue weighted by Gasteiger charge is 2.44. The third kappa shape index (κ3) is 4.53. The summed E-state index contributed by atoms with van der Waals surface area (Å²) < 4.78 is 11.1. The zero-order valence-corrected chi connectivity index (χ0v) is 19.4. The van der Waals surface area contributed by atoms with Crippen molar-refractivity contribution < 1.29 is 24.2 Å². The van der Waals surface area contributed by atoms with Gasteiger partial charge in [-0.3, -0.25) is 9.59 Å². The number of ether oxygens (including phenoxy) is 2. The molecule has 1 N–H and O–H groups in total. The third-order valence-corrected chi connectivity index (χ3v) is 6.42. The van der Waals surface area contributed by atoms with Crippen LogP contribution in [0.2, 0.25) is 0 Å². The fraction of sp³-hybridized carbons (Fsp3) is 0.240. The maximum absolute atomic E-state index is 13.5. The number of benzene rings is 2. The standard InChI is InChI=1S/C25H24N2O5S/c1-15-24(33-16(2)26-15)22(28)20-21(27(12-13-31-3)25(30)23(20)29)17-8-7-11-19(14-17)32-18-9-5-4-6-10-18/h4-11,14,21,29H,12-13H2,1-3H3. The van der Waals surface area contributed by atoms with Crippen LogP contribution in [0.25, 0.3) is 0 Å². The Kier molecular flexibility index (Phi) is 6.57. The van der Waals surface area contributed by atoms with Gasteiger partial charge in [0, 0.05) is 13.7 Å². The van der Waals surface area contributed by atoms with E-state index >= 15 is 0 Å². The summed E-state index contributed by atoms with van der Waals surface area (Å²) in [5.41, 5.74) is 1.27. The van der Waals surface area contributed by atoms with Crippen molar-refractivity contribution in [3.8, 4) is 11.5 Å². The van der Waals surface area contributed by atoms with Crippen LogP contribution in [0.1, 0.15) is 32.0 Å². The molecule has 0 aliphatic carbocycles. The number of para-hydroxylation sites is 1. The lowest BCUT2D eigenvalue weighted by Crippen LogP contribution is -2.34. The molecule has 7 nitrogen and oxygen atoms in total. The van der Waals surface area contributed by atoms with Crippen molar-refractivity contribution in [2.45, 2.75) is 19.9 Å². The van der Waals surface area contributed by atoms with Gasteiger partial charge in [0.2, 0.25) is 5.78 Å². The summed E-state index contributed by atoms with van der Waals surface area (Å²) in [7, 11) is 1.53. The van der Waals surface area contributed by atoms with Crippen LogP contribution in [0.5, 0.6) is 11.5 Å². The fourth-order valence-electron chi connectivity index (χ4n) is 3.89. The minimum absolute atomic E-state index is 0.0414. The van der Waals surface area contributed by atoms with E-state index in [0.29, 0.717) is 27.6 Å². The molecule has 0 spiro atoms. The summed E-state index contributed by atoms with van der Waals surface area (Å²) in [6, 6.07) is 15.7. The van der Waals surface area contributed by atoms with Gasteiger partial charge in [-0.2, -0.15) is 0 Å². The van der Waals surface area contributed by atoms with Crippen LogP contribution in [0.3, 0.4) is 0 Å². The number of ketones is 1. The van der Waals surface area contributed by atoms with Gasteiger partial charge in [-0.05, 0) is 43.7 Å². The second-order valence-electron chi connectivity index (χ2n) is 7.62. The number of nitrogens with zero attached hydrogens (tertiary/aromatic N) is 2. The van der Waals surface area contributed by atoms with Gasteiger partial charge in [-0.1, -0.05) is 30.3 Å². The molecule has 2 heterocycles. The summed E-state index contributed by atoms with van der Waals surface area (Å²) in [4.78, 5) is 32.7. The molecule has 0 saturated heterocycles. The van der Waals surface area contributed by atoms with E-state index in [1.54, 1.807) is 25.1 Å². The normalized spacial score (nSPS) is 15.9. The van der Waals surface area contributed by atoms with E-state index in [0.717, 1.165) is 5.01 Å². The zero-order valence-electron chi connectivity index (χ0n) is 18.6. The first kappa shape index (κ1) is 22.7. The van der Waals surface area contributed by atoms with Crippen molar-refractivity contribution in [2.75, 3.05) is 20.3 Å². The van der Waals surface area contributed by atoms with Crippen molar-refractivity contribution >= 4 is 23.0 Å². The van der Waals surface area contributed by atoms with E-state index in [1.807, 2.05) is 43.3 Å². The molecule has 1 aliphatic heterocycles. The Balaban J connectivity index is 1.76. The van der Waals surface area contributed by atoms with Gasteiger partial charge in [-0.15, -0.1) is 11.3 Å². The van der Waals surface area contributed by atoms with Crippen LogP contribution in [0.15, 0.2) is 65.9 Å². The van der Waals surface area contributed by atoms with E-state index in [-0.39, 0.29) is 18.7 Å². The van der Waals surface area contributed by atoms with Crippen LogP contribution < -0.4 is 4.74 Å². The Morgan fingerprint density at radius 1 is 1.12 bits per heavy atom. The second kappa shape index (κ2) is 9.56. The molecule has 0 bridgehead atoms. The molecule has 33 heavy (non-hydrogen) atoms. The molecule has 0 saturated carbocycles. The first-order chi connectivity index (χ1) is 15.9. The first-order valence-electron chi connectivity index (χ1n) is 10.4. The van der Waals surface area contributed by atoms with Gasteiger partial charge in [0.15, 0.2) is 5.76 Å². The van der Waals surface area contributed by atoms with Crippen molar-refractivity contribution in [1.29, 1.82) is 0 Å². The summed E-state index contributed by atoms with van der Waals surface area (Å²) in [6.07, 6.45) is 0. The molecule has 1 unspecified atom stereocenters. The number of aromatic nitrogens is 1. The monoisotopic (exact) mass is 464 g/mol. The molecular formula is C25H24N2O5S. The Hall–Kier alpha value is -3.49. The molecule has 3 aromatic rings. The van der Waals surface area contributed by atoms with Gasteiger partial charge in [0.05, 0.1) is 33.8 Å². The number of hydrogen-bond donors (Lipinski definition) is 1. The lowest BCUT2D eigenvalue weighted by Gasteiger charge is -2.26. The average Bonchev–Trinajstić information content (AvgIpc) is 3.28. The number of hydrogen-bond acceptors (Lipinski definition) is 7. The van der Waals surface area contributed by atoms with E-state index in [4.69, 9.17) is 9.47 Å². The second-order valence-corrected chi connectivity index (χ2v) is 8.82. The SMILES string of the molecule is COCCN1C(=O)C(O)=C(C(=O)c2sc(C)nc2C)C1c1cccc(Oc2ccccc2)c1. The van der Waals surface area contributed by atoms with Crippen LogP contribution in [-0.2, 0) is 9.53 Å². The summed E-state index contributed by atoms with van der Waals surface area (Å²) in [5, 5.41) is 11.5. The van der Waals surface area contributed by atoms with Crippen LogP contribution in [-0.4, -0.2) is 46.9 Å². The maximum Gasteiger partial charge on any atom is 0.290 e. The Morgan fingerprint density at radius 2 is 1.85 bits per heavy atom. The number of amides is 1. The molecule has 2 aromatic carbocycles. The lowest BCUT2D eigenvalue weighted by molar-refractivity contribution is -0.130. The molecule has 8 heteroatoms. The van der Waals surface area contributed by atoms with E-state index in [9.17, 15) is 14.7 Å². The number of rotatable bonds is 8. The lowest BCUT2D eigenvalue weighted by atomic mass is 9.95. The molecule has 170 valence electrons. The van der Waals surface area contributed by atoms with Gasteiger partial charge in [0.1, 0.15) is 11.5 Å². The minimum atomic E-state index is -0.777. The van der Waals surface area contributed by atoms with E-state index in [1.165, 1.54) is 23.3 Å². The quantitative estimate of drug-likeness (QED) is 0.483. The Bertz CT molecular complexity index is 1220. The van der Waals surface area contributed by atoms with E-state index in [2.05, 4.69) is 4.98 Å². The molecule has 4 rings (SSSR count). The Morgan fingerprint density at radius 3 is 2.52 bits per heavy atom. The predicted octanol–water partition coefficient (Wildman–Crippen LogP) is 4.78. The highest BCUT2D eigenvalue weighted by Crippen LogP contribution is 2.41. The van der Waals surface area contributed by atoms with Crippen molar-refractivity contribution in [1.82, 2.24) is 9.88 Å². The number of carbonyl (C=O) groups is 2. The summed E-state index contributed by atoms with van der Waals surface area (Å²) in [6.45, 7) is 4.04. The molecular weight excluding hydrogens is 440 g/mol. The molecule has 1 aliphatic rings. The van der Waals surface area contributed by atoms with Crippen molar-refractivity contribution in [3.05, 3.63) is 87.1 Å². The van der Waals surface area contributed by atoms with Gasteiger partial charge in [0.25, 0.3) is 5.91 Å². The molecule has 1 amide bonds. The third-order valence-electron chi connectivity index (χ3n) is 5.35. The predicted molar refractivity (Wildman–Crippen MR) is 125 cm³/mol. The minimum Gasteiger partial charge on any atom is -0.503 e. The van der Waals surface area contributed by atoms with Gasteiger partial charge in [-0.25, -0.2) is 4.98 Å². The van der Waals surface area contributed by atoms with Gasteiger partial charge >= 0.3 is 0 Å². The van der Waals surface area contributed by atoms with E-state index < -0.39 is 23.5 Å². The highest BCUT2D eigenvalue weighted by atomic mass is 32.1. The number of thiazole rings is 1. The maximum atomic E-state index is 13.5. The molecule has 0 fully saturated rings. The Labute approximate surface area is 195 Å². The number of carbonyl (C=O) groups excluding carboxylic acids is 2. The van der Waals surface area contributed by atoms with Crippen LogP contribution in [0.4, 0.5) is 0 Å². The number of aliphatic hydroxyl groups is 1. The fourth-order valence-corrected chi connectivity index (χ4v) is 4.76. The number of aryl methyl sites for hydroxylation is 2. The molecule has 1 aromatic heterocycles. The zero-order chi connectivity index (χ0) is 23.5. The summed E-state index contributed by atoms with van der Waals surface area (Å²) >= 11 is 1.25. The molecule has 1 atom stereocenters. The number of aliphatic hydroxyl groups excluding tert-OH is 1. The average molecular weight is 465 g/mol. The smallest absolute Gasteiger partial charge is 0.290 e. The van der Waals surface area contributed by atoms with Crippen molar-refractivity contribution in [2.24, 2.45) is 0 Å². The first-order valence-corrected chi connectivity index (χ1v) is 11.3. The van der Waals surface area contributed by atoms with Crippen LogP contribution in [0, 0.1) is 13.8 Å². The number of methoxy groups -OCH3 is 1. The topological polar surface area (TPSA) is 89.0 Å². The van der Waals surface area contributed by atoms with Gasteiger partial charge < -0.3 is 19.5 Å². The summed E-state index contributed by atoms with van der Waals surface area (Å²) in [5.74, 6) is -0.322. The van der Waals surface area contributed by atoms with Crippen molar-refractivity contribution in [3.63, 3.8) is 0 Å². The largest absolute Gasteiger partial charge is 0.503 e. The number of Topliss-reactive ketones (excluding diaryl/α,β-unsaturated/α-hetero) is 1.